The number of carboxylic acids is 1. The van der Waals surface area contributed by atoms with Crippen LogP contribution < -0.4 is 11.5 Å². The number of carbonyl (C=O) groups is 3. The van der Waals surface area contributed by atoms with Gasteiger partial charge in [-0.25, -0.2) is 4.98 Å². The van der Waals surface area contributed by atoms with Crippen LogP contribution in [0.4, 0.5) is 5.13 Å². The van der Waals surface area contributed by atoms with Gasteiger partial charge in [0, 0.05) is 14.7 Å². The summed E-state index contributed by atoms with van der Waals surface area (Å²) in [4.78, 5) is 42.7. The number of halogens is 1. The van der Waals surface area contributed by atoms with Gasteiger partial charge in [0.15, 0.2) is 20.5 Å². The molecular weight excluding hydrogens is 512 g/mol. The summed E-state index contributed by atoms with van der Waals surface area (Å²) >= 11 is 6.66. The van der Waals surface area contributed by atoms with E-state index in [1.807, 2.05) is 0 Å². The van der Waals surface area contributed by atoms with E-state index in [1.54, 1.807) is 29.6 Å². The number of rotatable bonds is 6. The number of nitrogens with two attached hydrogens (primary N) is 2. The predicted molar refractivity (Wildman–Crippen MR) is 120 cm³/mol. The topological polar surface area (TPSA) is 140 Å². The maximum Gasteiger partial charge on any atom is 0.325 e. The van der Waals surface area contributed by atoms with Gasteiger partial charge in [0.05, 0.1) is 30.5 Å². The first-order chi connectivity index (χ1) is 14.2. The molecule has 2 fully saturated rings. The molecule has 2 aliphatic rings. The van der Waals surface area contributed by atoms with Gasteiger partial charge in [-0.1, -0.05) is 12.1 Å². The first-order valence-corrected chi connectivity index (χ1v) is 12.2. The minimum absolute atomic E-state index is 0.136. The molecule has 0 radical (unpaired) electrons. The van der Waals surface area contributed by atoms with Crippen LogP contribution in [0.15, 0.2) is 39.0 Å². The van der Waals surface area contributed by atoms with E-state index in [-0.39, 0.29) is 30.7 Å². The number of aliphatic carboxylic acids is 1. The number of carboxylic acid groups (broad SMARTS) is 1. The summed E-state index contributed by atoms with van der Waals surface area (Å²) < 4.78 is -1.10. The largest absolute Gasteiger partial charge is 0.480 e. The third-order valence-electron chi connectivity index (χ3n) is 5.12. The Morgan fingerprint density at radius 2 is 2.13 bits per heavy atom. The average Bonchev–Trinajstić information content (AvgIpc) is 3.09. The van der Waals surface area contributed by atoms with Gasteiger partial charge in [-0.3, -0.25) is 14.4 Å². The van der Waals surface area contributed by atoms with Crippen LogP contribution in [0.3, 0.4) is 0 Å². The molecule has 2 aromatic rings. The van der Waals surface area contributed by atoms with E-state index in [9.17, 15) is 19.5 Å². The number of amides is 1. The van der Waals surface area contributed by atoms with Gasteiger partial charge in [0.25, 0.3) is 0 Å². The highest BCUT2D eigenvalue weighted by atomic mass is 79.9. The maximum absolute atomic E-state index is 13.4. The fraction of sp³-hybridized carbons (Fsp3) is 0.333. The van der Waals surface area contributed by atoms with E-state index >= 15 is 0 Å². The molecule has 4 rings (SSSR count). The van der Waals surface area contributed by atoms with Crippen LogP contribution in [0.5, 0.6) is 0 Å². The lowest BCUT2D eigenvalue weighted by molar-refractivity contribution is -0.150. The van der Waals surface area contributed by atoms with Crippen molar-refractivity contribution in [3.05, 3.63) is 39.8 Å². The van der Waals surface area contributed by atoms with Crippen molar-refractivity contribution >= 4 is 73.6 Å². The molecule has 0 aliphatic carbocycles. The summed E-state index contributed by atoms with van der Waals surface area (Å²) in [7, 11) is 0. The zero-order valence-corrected chi connectivity index (χ0v) is 19.4. The number of nitrogens with zero attached hydrogens (tertiary/aromatic N) is 2. The Balaban J connectivity index is 1.77. The molecule has 2 saturated heterocycles. The van der Waals surface area contributed by atoms with Gasteiger partial charge in [-0.2, -0.15) is 0 Å². The molecule has 1 aromatic heterocycles. The Hall–Kier alpha value is -1.60. The molecule has 2 unspecified atom stereocenters. The quantitative estimate of drug-likeness (QED) is 0.481. The van der Waals surface area contributed by atoms with Crippen molar-refractivity contribution in [2.45, 2.75) is 32.7 Å². The number of fused-ring (bicyclic) bond motifs is 1. The Morgan fingerprint density at radius 3 is 2.73 bits per heavy atom. The van der Waals surface area contributed by atoms with Crippen molar-refractivity contribution in [3.63, 3.8) is 0 Å². The standard InChI is InChI=1S/C18H17BrN4O4S3/c19-10-3-1-2-4-11(10)29-17(15(26)27)8-23-13(25)6-14(23)30-18(17,21)12(24)5-9-7-28-16(20)22-9/h1-4,7,14H,5-6,8,21H2,(H2,20,22)(H,26,27)/t14-,17?,18?/m1/s1. The number of thiazole rings is 1. The number of hydrogen-bond acceptors (Lipinski definition) is 9. The normalized spacial score (nSPS) is 28.0. The predicted octanol–water partition coefficient (Wildman–Crippen LogP) is 2.18. The van der Waals surface area contributed by atoms with Gasteiger partial charge in [0.1, 0.15) is 0 Å². The SMILES string of the molecule is Nc1nc(CC(=O)C2(N)S[C@@H]3CC(=O)N3CC2(Sc2ccccc2Br)C(=O)O)cs1. The second kappa shape index (κ2) is 7.83. The number of Topliss-reactive ketones (excluding diaryl/α,β-unsaturated/α-hetero) is 1. The molecule has 0 bridgehead atoms. The summed E-state index contributed by atoms with van der Waals surface area (Å²) in [6.45, 7) is -0.160. The Bertz CT molecular complexity index is 1050. The average molecular weight is 529 g/mol. The van der Waals surface area contributed by atoms with Crippen LogP contribution in [0.25, 0.3) is 0 Å². The summed E-state index contributed by atoms with van der Waals surface area (Å²) in [6.07, 6.45) is 0.0966. The molecule has 8 nitrogen and oxygen atoms in total. The van der Waals surface area contributed by atoms with Crippen LogP contribution in [-0.4, -0.2) is 54.2 Å². The highest BCUT2D eigenvalue weighted by Gasteiger charge is 2.67. The number of carbonyl (C=O) groups excluding carboxylic acids is 2. The van der Waals surface area contributed by atoms with Gasteiger partial charge in [0.2, 0.25) is 5.91 Å². The molecule has 12 heteroatoms. The molecule has 5 N–H and O–H groups in total. The molecule has 0 saturated carbocycles. The van der Waals surface area contributed by atoms with Gasteiger partial charge in [-0.05, 0) is 28.1 Å². The fourth-order valence-electron chi connectivity index (χ4n) is 3.47. The fourth-order valence-corrected chi connectivity index (χ4v) is 7.60. The van der Waals surface area contributed by atoms with E-state index < -0.39 is 21.4 Å². The number of thioether (sulfide) groups is 2. The van der Waals surface area contributed by atoms with Crippen molar-refractivity contribution in [2.75, 3.05) is 12.3 Å². The zero-order valence-electron chi connectivity index (χ0n) is 15.4. The molecule has 3 heterocycles. The van der Waals surface area contributed by atoms with E-state index in [2.05, 4.69) is 20.9 Å². The number of anilines is 1. The van der Waals surface area contributed by atoms with Crippen molar-refractivity contribution in [3.8, 4) is 0 Å². The summed E-state index contributed by atoms with van der Waals surface area (Å²) in [5.74, 6) is -1.85. The monoisotopic (exact) mass is 528 g/mol. The maximum atomic E-state index is 13.4. The van der Waals surface area contributed by atoms with Crippen LogP contribution in [0.2, 0.25) is 0 Å². The van der Waals surface area contributed by atoms with E-state index in [0.717, 1.165) is 23.5 Å². The smallest absolute Gasteiger partial charge is 0.325 e. The molecule has 30 heavy (non-hydrogen) atoms. The van der Waals surface area contributed by atoms with Gasteiger partial charge in [-0.15, -0.1) is 34.9 Å². The van der Waals surface area contributed by atoms with Crippen molar-refractivity contribution < 1.29 is 19.5 Å². The van der Waals surface area contributed by atoms with E-state index in [1.165, 1.54) is 16.2 Å². The minimum atomic E-state index is -1.78. The lowest BCUT2D eigenvalue weighted by atomic mass is 9.90. The number of hydrogen-bond donors (Lipinski definition) is 3. The van der Waals surface area contributed by atoms with Crippen LogP contribution in [0.1, 0.15) is 12.1 Å². The van der Waals surface area contributed by atoms with Crippen molar-refractivity contribution in [1.82, 2.24) is 9.88 Å². The molecule has 2 aliphatic heterocycles. The minimum Gasteiger partial charge on any atom is -0.480 e. The number of nitrogen functional groups attached to an aromatic ring is 1. The lowest BCUT2D eigenvalue weighted by Gasteiger charge is -2.56. The molecule has 1 aromatic carbocycles. The number of aromatic nitrogens is 1. The molecule has 158 valence electrons. The number of ketones is 1. The van der Waals surface area contributed by atoms with Gasteiger partial charge >= 0.3 is 5.97 Å². The zero-order chi connectivity index (χ0) is 21.7. The molecule has 0 spiro atoms. The second-order valence-corrected chi connectivity index (χ2v) is 11.5. The Kier molecular flexibility index (Phi) is 5.64. The first-order valence-electron chi connectivity index (χ1n) is 8.82. The molecule has 1 amide bonds. The first kappa shape index (κ1) is 21.6. The lowest BCUT2D eigenvalue weighted by Crippen LogP contribution is -2.76. The Labute approximate surface area is 192 Å². The van der Waals surface area contributed by atoms with Crippen LogP contribution in [-0.2, 0) is 20.8 Å². The Morgan fingerprint density at radius 1 is 1.40 bits per heavy atom. The summed E-state index contributed by atoms with van der Waals surface area (Å²) in [6, 6.07) is 7.11. The van der Waals surface area contributed by atoms with Crippen LogP contribution >= 0.6 is 50.8 Å². The molecular formula is C18H17BrN4O4S3. The second-order valence-electron chi connectivity index (χ2n) is 6.98. The summed E-state index contributed by atoms with van der Waals surface area (Å²) in [5, 5.41) is 12.0. The summed E-state index contributed by atoms with van der Waals surface area (Å²) in [5.41, 5.74) is 12.8. The van der Waals surface area contributed by atoms with Crippen molar-refractivity contribution in [1.29, 1.82) is 0 Å². The number of benzene rings is 1. The third kappa shape index (κ3) is 3.44. The van der Waals surface area contributed by atoms with Gasteiger partial charge < -0.3 is 21.5 Å². The van der Waals surface area contributed by atoms with E-state index in [4.69, 9.17) is 11.5 Å². The van der Waals surface area contributed by atoms with Crippen LogP contribution in [0, 0.1) is 0 Å². The highest BCUT2D eigenvalue weighted by Crippen LogP contribution is 2.55. The molecule has 3 atom stereocenters. The van der Waals surface area contributed by atoms with Crippen molar-refractivity contribution in [2.24, 2.45) is 5.73 Å². The third-order valence-corrected chi connectivity index (χ3v) is 10.1. The van der Waals surface area contributed by atoms with E-state index in [0.29, 0.717) is 20.2 Å². The number of β-lactam (4-membered cyclic amide) rings is 1. The highest BCUT2D eigenvalue weighted by molar-refractivity contribution is 9.10.